The molecule has 0 spiro atoms. The Morgan fingerprint density at radius 1 is 0.967 bits per heavy atom. The summed E-state index contributed by atoms with van der Waals surface area (Å²) in [5.41, 5.74) is 2.84. The number of rotatable bonds is 4. The number of phenolic OH excluding ortho intramolecular Hbond substituents is 1. The molecular weight excluding hydrogens is 380 g/mol. The van der Waals surface area contributed by atoms with Crippen LogP contribution >= 0.6 is 0 Å². The molecule has 2 aromatic carbocycles. The fraction of sp³-hybridized carbons (Fsp3) is 0.292. The molecule has 1 atom stereocenters. The lowest BCUT2D eigenvalue weighted by Crippen LogP contribution is -2.54. The number of hydrogen-bond donors (Lipinski definition) is 1. The molecule has 2 heterocycles. The lowest BCUT2D eigenvalue weighted by molar-refractivity contribution is -0.136. The highest BCUT2D eigenvalue weighted by Crippen LogP contribution is 2.30. The van der Waals surface area contributed by atoms with Crippen LogP contribution in [0.15, 0.2) is 54.6 Å². The number of carbonyl (C=O) groups excluding carboxylic acids is 3. The Bertz CT molecular complexity index is 1000. The van der Waals surface area contributed by atoms with E-state index in [1.165, 1.54) is 0 Å². The van der Waals surface area contributed by atoms with Crippen molar-refractivity contribution in [3.05, 3.63) is 71.3 Å². The minimum absolute atomic E-state index is 0.206. The van der Waals surface area contributed by atoms with Crippen molar-refractivity contribution in [2.75, 3.05) is 13.1 Å². The van der Waals surface area contributed by atoms with Crippen LogP contribution in [0.2, 0.25) is 0 Å². The van der Waals surface area contributed by atoms with E-state index >= 15 is 0 Å². The molecule has 0 aromatic heterocycles. The SMILES string of the molecule is CC(C)C(C(=O)N1CC=C(c2ccc(O)cc2)CC1)N1C(=O)c2ccccc2C1=O. The van der Waals surface area contributed by atoms with E-state index in [1.54, 1.807) is 41.3 Å². The zero-order valence-electron chi connectivity index (χ0n) is 17.0. The predicted molar refractivity (Wildman–Crippen MR) is 113 cm³/mol. The Balaban J connectivity index is 1.55. The van der Waals surface area contributed by atoms with Gasteiger partial charge in [0.25, 0.3) is 11.8 Å². The van der Waals surface area contributed by atoms with Gasteiger partial charge in [-0.05, 0) is 47.7 Å². The number of phenols is 1. The van der Waals surface area contributed by atoms with Crippen LogP contribution in [0.1, 0.15) is 46.5 Å². The number of fused-ring (bicyclic) bond motifs is 1. The number of amides is 3. The Morgan fingerprint density at radius 2 is 1.57 bits per heavy atom. The molecule has 0 radical (unpaired) electrons. The summed E-state index contributed by atoms with van der Waals surface area (Å²) in [5.74, 6) is -1.00. The average Bonchev–Trinajstić information content (AvgIpc) is 3.00. The predicted octanol–water partition coefficient (Wildman–Crippen LogP) is 3.33. The van der Waals surface area contributed by atoms with Crippen LogP contribution in [0.25, 0.3) is 5.57 Å². The zero-order valence-corrected chi connectivity index (χ0v) is 17.0. The minimum atomic E-state index is -0.832. The Kier molecular flexibility index (Phi) is 5.16. The standard InChI is InChI=1S/C24H24N2O4/c1-15(2)21(26-22(28)19-5-3-4-6-20(19)23(26)29)24(30)25-13-11-17(12-14-25)16-7-9-18(27)10-8-16/h3-11,15,21,27H,12-14H2,1-2H3. The van der Waals surface area contributed by atoms with Gasteiger partial charge in [-0.2, -0.15) is 0 Å². The molecule has 154 valence electrons. The first kappa shape index (κ1) is 19.9. The minimum Gasteiger partial charge on any atom is -0.508 e. The summed E-state index contributed by atoms with van der Waals surface area (Å²) in [6, 6.07) is 12.9. The van der Waals surface area contributed by atoms with Crippen molar-refractivity contribution in [2.45, 2.75) is 26.3 Å². The van der Waals surface area contributed by atoms with Gasteiger partial charge in [0.1, 0.15) is 11.8 Å². The maximum absolute atomic E-state index is 13.4. The first-order valence-corrected chi connectivity index (χ1v) is 10.1. The fourth-order valence-corrected chi connectivity index (χ4v) is 4.15. The monoisotopic (exact) mass is 404 g/mol. The number of benzene rings is 2. The summed E-state index contributed by atoms with van der Waals surface area (Å²) in [6.07, 6.45) is 2.66. The summed E-state index contributed by atoms with van der Waals surface area (Å²) in [7, 11) is 0. The molecule has 0 aliphatic carbocycles. The van der Waals surface area contributed by atoms with Crippen LogP contribution in [-0.2, 0) is 4.79 Å². The number of nitrogens with zero attached hydrogens (tertiary/aromatic N) is 2. The summed E-state index contributed by atoms with van der Waals surface area (Å²) < 4.78 is 0. The Labute approximate surface area is 175 Å². The third-order valence-electron chi connectivity index (χ3n) is 5.75. The van der Waals surface area contributed by atoms with Crippen molar-refractivity contribution in [3.63, 3.8) is 0 Å². The highest BCUT2D eigenvalue weighted by molar-refractivity contribution is 6.22. The van der Waals surface area contributed by atoms with Gasteiger partial charge >= 0.3 is 0 Å². The fourth-order valence-electron chi connectivity index (χ4n) is 4.15. The van der Waals surface area contributed by atoms with E-state index in [0.29, 0.717) is 30.6 Å². The topological polar surface area (TPSA) is 77.9 Å². The van der Waals surface area contributed by atoms with Crippen molar-refractivity contribution in [1.82, 2.24) is 9.80 Å². The lowest BCUT2D eigenvalue weighted by Gasteiger charge is -2.35. The first-order chi connectivity index (χ1) is 14.4. The maximum Gasteiger partial charge on any atom is 0.262 e. The Hall–Kier alpha value is -3.41. The molecule has 2 aromatic rings. The zero-order chi connectivity index (χ0) is 21.4. The normalized spacial score (nSPS) is 17.2. The average molecular weight is 404 g/mol. The van der Waals surface area contributed by atoms with Gasteiger partial charge in [0, 0.05) is 13.1 Å². The Morgan fingerprint density at radius 3 is 2.07 bits per heavy atom. The molecule has 1 unspecified atom stereocenters. The largest absolute Gasteiger partial charge is 0.508 e. The highest BCUT2D eigenvalue weighted by Gasteiger charge is 2.45. The van der Waals surface area contributed by atoms with Crippen LogP contribution in [0.5, 0.6) is 5.75 Å². The third kappa shape index (κ3) is 3.38. The molecule has 0 fully saturated rings. The van der Waals surface area contributed by atoms with E-state index in [0.717, 1.165) is 16.0 Å². The van der Waals surface area contributed by atoms with Crippen LogP contribution in [-0.4, -0.2) is 51.8 Å². The molecule has 0 saturated carbocycles. The van der Waals surface area contributed by atoms with Gasteiger partial charge in [0.15, 0.2) is 0 Å². The molecule has 0 saturated heterocycles. The van der Waals surface area contributed by atoms with Gasteiger partial charge in [-0.3, -0.25) is 19.3 Å². The van der Waals surface area contributed by atoms with Gasteiger partial charge in [0.05, 0.1) is 11.1 Å². The van der Waals surface area contributed by atoms with Crippen molar-refractivity contribution in [3.8, 4) is 5.75 Å². The maximum atomic E-state index is 13.4. The van der Waals surface area contributed by atoms with Crippen molar-refractivity contribution in [1.29, 1.82) is 0 Å². The van der Waals surface area contributed by atoms with Crippen molar-refractivity contribution >= 4 is 23.3 Å². The van der Waals surface area contributed by atoms with E-state index in [4.69, 9.17) is 0 Å². The van der Waals surface area contributed by atoms with Gasteiger partial charge in [-0.15, -0.1) is 0 Å². The number of carbonyl (C=O) groups is 3. The molecule has 0 bridgehead atoms. The molecule has 6 nitrogen and oxygen atoms in total. The quantitative estimate of drug-likeness (QED) is 0.793. The number of hydrogen-bond acceptors (Lipinski definition) is 4. The summed E-state index contributed by atoms with van der Waals surface area (Å²) >= 11 is 0. The molecular formula is C24H24N2O4. The second-order valence-corrected chi connectivity index (χ2v) is 8.03. The van der Waals surface area contributed by atoms with Crippen molar-refractivity contribution < 1.29 is 19.5 Å². The van der Waals surface area contributed by atoms with Gasteiger partial charge in [-0.25, -0.2) is 0 Å². The summed E-state index contributed by atoms with van der Waals surface area (Å²) in [6.45, 7) is 4.64. The van der Waals surface area contributed by atoms with E-state index < -0.39 is 17.9 Å². The number of imide groups is 1. The van der Waals surface area contributed by atoms with E-state index in [-0.39, 0.29) is 17.6 Å². The highest BCUT2D eigenvalue weighted by atomic mass is 16.3. The second-order valence-electron chi connectivity index (χ2n) is 8.03. The van der Waals surface area contributed by atoms with Crippen molar-refractivity contribution in [2.24, 2.45) is 5.92 Å². The van der Waals surface area contributed by atoms with Gasteiger partial charge in [0.2, 0.25) is 5.91 Å². The smallest absolute Gasteiger partial charge is 0.262 e. The summed E-state index contributed by atoms with van der Waals surface area (Å²) in [4.78, 5) is 42.0. The van der Waals surface area contributed by atoms with E-state index in [9.17, 15) is 19.5 Å². The number of aromatic hydroxyl groups is 1. The molecule has 4 rings (SSSR count). The van der Waals surface area contributed by atoms with Gasteiger partial charge < -0.3 is 10.0 Å². The van der Waals surface area contributed by atoms with Crippen LogP contribution in [0.4, 0.5) is 0 Å². The molecule has 3 amide bonds. The second kappa shape index (κ2) is 7.78. The summed E-state index contributed by atoms with van der Waals surface area (Å²) in [5, 5.41) is 9.46. The molecule has 2 aliphatic rings. The van der Waals surface area contributed by atoms with E-state index in [2.05, 4.69) is 0 Å². The molecule has 2 aliphatic heterocycles. The third-order valence-corrected chi connectivity index (χ3v) is 5.75. The van der Waals surface area contributed by atoms with E-state index in [1.807, 2.05) is 32.1 Å². The van der Waals surface area contributed by atoms with Crippen LogP contribution in [0.3, 0.4) is 0 Å². The van der Waals surface area contributed by atoms with Gasteiger partial charge in [-0.1, -0.05) is 44.2 Å². The molecule has 1 N–H and O–H groups in total. The van der Waals surface area contributed by atoms with Crippen LogP contribution < -0.4 is 0 Å². The molecule has 6 heteroatoms. The first-order valence-electron chi connectivity index (χ1n) is 10.1. The molecule has 30 heavy (non-hydrogen) atoms. The lowest BCUT2D eigenvalue weighted by atomic mass is 9.97. The van der Waals surface area contributed by atoms with Crippen LogP contribution in [0, 0.1) is 5.92 Å².